The molecule has 1 amide bonds. The maximum absolute atomic E-state index is 12.4. The number of carbonyl (C=O) groups excluding carboxylic acids is 1. The van der Waals surface area contributed by atoms with Gasteiger partial charge in [-0.25, -0.2) is 13.1 Å². The zero-order valence-electron chi connectivity index (χ0n) is 15.2. The number of carbonyl (C=O) groups is 1. The molecule has 0 heterocycles. The zero-order valence-corrected chi connectivity index (χ0v) is 16.8. The fourth-order valence-electron chi connectivity index (χ4n) is 2.38. The topological polar surface area (TPSA) is 75.3 Å². The first-order valence-corrected chi connectivity index (χ1v) is 10.9. The van der Waals surface area contributed by atoms with Crippen molar-refractivity contribution < 1.29 is 13.2 Å². The van der Waals surface area contributed by atoms with Crippen LogP contribution < -0.4 is 10.0 Å². The summed E-state index contributed by atoms with van der Waals surface area (Å²) < 4.78 is 25.9. The van der Waals surface area contributed by atoms with Crippen LogP contribution in [0.15, 0.2) is 53.4 Å². The number of amides is 1. The molecule has 7 heteroatoms. The fraction of sp³-hybridized carbons (Fsp3) is 0.316. The summed E-state index contributed by atoms with van der Waals surface area (Å²) in [4.78, 5) is 13.5. The minimum Gasteiger partial charge on any atom is -0.348 e. The molecule has 0 aliphatic carbocycles. The van der Waals surface area contributed by atoms with Crippen LogP contribution in [0.4, 0.5) is 0 Å². The number of thioether (sulfide) groups is 1. The van der Waals surface area contributed by atoms with E-state index in [1.807, 2.05) is 24.3 Å². The smallest absolute Gasteiger partial charge is 0.251 e. The summed E-state index contributed by atoms with van der Waals surface area (Å²) in [5, 5.41) is 3.34. The summed E-state index contributed by atoms with van der Waals surface area (Å²) in [7, 11) is -1.98. The van der Waals surface area contributed by atoms with E-state index in [4.69, 9.17) is 0 Å². The number of benzene rings is 2. The van der Waals surface area contributed by atoms with Gasteiger partial charge in [0.25, 0.3) is 5.91 Å². The summed E-state index contributed by atoms with van der Waals surface area (Å²) >= 11 is 1.74. The quantitative estimate of drug-likeness (QED) is 0.677. The van der Waals surface area contributed by atoms with Crippen molar-refractivity contribution in [1.82, 2.24) is 10.0 Å². The van der Waals surface area contributed by atoms with Gasteiger partial charge in [-0.15, -0.1) is 11.8 Å². The molecular weight excluding hydrogens is 368 g/mol. The monoisotopic (exact) mass is 392 g/mol. The first kappa shape index (κ1) is 20.5. The van der Waals surface area contributed by atoms with Crippen LogP contribution in [-0.2, 0) is 22.3 Å². The molecule has 0 aliphatic rings. The number of sulfonamides is 1. The Morgan fingerprint density at radius 2 is 1.65 bits per heavy atom. The number of rotatable bonds is 8. The fourth-order valence-corrected chi connectivity index (χ4v) is 4.06. The van der Waals surface area contributed by atoms with Crippen molar-refractivity contribution in [2.45, 2.75) is 36.3 Å². The summed E-state index contributed by atoms with van der Waals surface area (Å²) in [5.41, 5.74) is 2.04. The van der Waals surface area contributed by atoms with Gasteiger partial charge in [-0.1, -0.05) is 38.1 Å². The molecule has 0 fully saturated rings. The molecule has 0 saturated carbocycles. The van der Waals surface area contributed by atoms with Crippen molar-refractivity contribution in [3.05, 3.63) is 65.2 Å². The molecule has 26 heavy (non-hydrogen) atoms. The Kier molecular flexibility index (Phi) is 7.25. The molecule has 5 nitrogen and oxygen atoms in total. The lowest BCUT2D eigenvalue weighted by Gasteiger charge is -2.11. The Morgan fingerprint density at radius 1 is 1.04 bits per heavy atom. The van der Waals surface area contributed by atoms with Gasteiger partial charge in [0.2, 0.25) is 10.0 Å². The molecule has 0 aromatic heterocycles. The molecule has 0 radical (unpaired) electrons. The van der Waals surface area contributed by atoms with E-state index in [9.17, 15) is 13.2 Å². The number of hydrogen-bond acceptors (Lipinski definition) is 4. The lowest BCUT2D eigenvalue weighted by atomic mass is 10.1. The summed E-state index contributed by atoms with van der Waals surface area (Å²) in [6.07, 6.45) is 0. The van der Waals surface area contributed by atoms with Gasteiger partial charge >= 0.3 is 0 Å². The molecule has 140 valence electrons. The third-order valence-corrected chi connectivity index (χ3v) is 6.03. The van der Waals surface area contributed by atoms with E-state index in [0.29, 0.717) is 16.4 Å². The lowest BCUT2D eigenvalue weighted by Crippen LogP contribution is -2.25. The van der Waals surface area contributed by atoms with E-state index >= 15 is 0 Å². The predicted octanol–water partition coefficient (Wildman–Crippen LogP) is 3.17. The van der Waals surface area contributed by atoms with Crippen molar-refractivity contribution >= 4 is 27.7 Å². The van der Waals surface area contributed by atoms with Gasteiger partial charge in [-0.3, -0.25) is 4.79 Å². The molecule has 0 saturated heterocycles. The van der Waals surface area contributed by atoms with Crippen LogP contribution in [0.3, 0.4) is 0 Å². The van der Waals surface area contributed by atoms with E-state index in [0.717, 1.165) is 10.5 Å². The molecule has 2 aromatic rings. The average Bonchev–Trinajstić information content (AvgIpc) is 2.60. The van der Waals surface area contributed by atoms with E-state index in [2.05, 4.69) is 23.9 Å². The Hall–Kier alpha value is -1.83. The normalized spacial score (nSPS) is 11.5. The SMILES string of the molecule is CNS(=O)(=O)Cc1ccccc1CNC(=O)c1ccc(SC(C)C)cc1. The zero-order chi connectivity index (χ0) is 19.2. The minimum absolute atomic E-state index is 0.114. The van der Waals surface area contributed by atoms with Crippen molar-refractivity contribution in [3.8, 4) is 0 Å². The van der Waals surface area contributed by atoms with Gasteiger partial charge in [0.15, 0.2) is 0 Å². The second-order valence-electron chi connectivity index (χ2n) is 6.11. The maximum Gasteiger partial charge on any atom is 0.251 e. The van der Waals surface area contributed by atoms with Gasteiger partial charge in [-0.2, -0.15) is 0 Å². The highest BCUT2D eigenvalue weighted by Crippen LogP contribution is 2.22. The summed E-state index contributed by atoms with van der Waals surface area (Å²) in [6.45, 7) is 4.52. The minimum atomic E-state index is -3.37. The van der Waals surface area contributed by atoms with Crippen molar-refractivity contribution in [1.29, 1.82) is 0 Å². The van der Waals surface area contributed by atoms with Crippen LogP contribution in [0.1, 0.15) is 35.3 Å². The largest absolute Gasteiger partial charge is 0.348 e. The van der Waals surface area contributed by atoms with Gasteiger partial charge in [0, 0.05) is 22.3 Å². The standard InChI is InChI=1S/C19H24N2O3S2/c1-14(2)25-18-10-8-15(9-11-18)19(22)21-12-16-6-4-5-7-17(16)13-26(23,24)20-3/h4-11,14,20H,12-13H2,1-3H3,(H,21,22). The van der Waals surface area contributed by atoms with Gasteiger partial charge < -0.3 is 5.32 Å². The third-order valence-electron chi connectivity index (χ3n) is 3.70. The highest BCUT2D eigenvalue weighted by atomic mass is 32.2. The third kappa shape index (κ3) is 6.16. The Bertz CT molecular complexity index is 847. The van der Waals surface area contributed by atoms with Crippen LogP contribution in [0.25, 0.3) is 0 Å². The highest BCUT2D eigenvalue weighted by molar-refractivity contribution is 7.99. The molecule has 2 rings (SSSR count). The maximum atomic E-state index is 12.4. The van der Waals surface area contributed by atoms with Gasteiger partial charge in [-0.05, 0) is 42.4 Å². The second-order valence-corrected chi connectivity index (χ2v) is 9.68. The molecular formula is C19H24N2O3S2. The van der Waals surface area contributed by atoms with Crippen LogP contribution in [0.5, 0.6) is 0 Å². The van der Waals surface area contributed by atoms with Crippen molar-refractivity contribution in [3.63, 3.8) is 0 Å². The van der Waals surface area contributed by atoms with E-state index in [-0.39, 0.29) is 18.2 Å². The molecule has 2 aromatic carbocycles. The molecule has 0 bridgehead atoms. The second kappa shape index (κ2) is 9.21. The first-order valence-electron chi connectivity index (χ1n) is 8.33. The van der Waals surface area contributed by atoms with Crippen LogP contribution >= 0.6 is 11.8 Å². The molecule has 0 aliphatic heterocycles. The first-order chi connectivity index (χ1) is 12.3. The Morgan fingerprint density at radius 3 is 2.23 bits per heavy atom. The lowest BCUT2D eigenvalue weighted by molar-refractivity contribution is 0.0951. The van der Waals surface area contributed by atoms with Crippen LogP contribution in [0, 0.1) is 0 Å². The van der Waals surface area contributed by atoms with Gasteiger partial charge in [0.05, 0.1) is 5.75 Å². The Labute approximate surface area is 159 Å². The predicted molar refractivity (Wildman–Crippen MR) is 107 cm³/mol. The van der Waals surface area contributed by atoms with E-state index in [1.165, 1.54) is 7.05 Å². The summed E-state index contributed by atoms with van der Waals surface area (Å²) in [5.74, 6) is -0.297. The average molecular weight is 393 g/mol. The van der Waals surface area contributed by atoms with Gasteiger partial charge in [0.1, 0.15) is 0 Å². The van der Waals surface area contributed by atoms with Crippen LogP contribution in [-0.4, -0.2) is 26.6 Å². The van der Waals surface area contributed by atoms with E-state index < -0.39 is 10.0 Å². The number of nitrogens with one attached hydrogen (secondary N) is 2. The molecule has 0 spiro atoms. The van der Waals surface area contributed by atoms with E-state index in [1.54, 1.807) is 36.0 Å². The Balaban J connectivity index is 2.03. The highest BCUT2D eigenvalue weighted by Gasteiger charge is 2.13. The molecule has 0 unspecified atom stereocenters. The summed E-state index contributed by atoms with van der Waals surface area (Å²) in [6, 6.07) is 14.7. The molecule has 2 N–H and O–H groups in total. The van der Waals surface area contributed by atoms with Crippen LogP contribution in [0.2, 0.25) is 0 Å². The van der Waals surface area contributed by atoms with Crippen molar-refractivity contribution in [2.75, 3.05) is 7.05 Å². The number of hydrogen-bond donors (Lipinski definition) is 2. The molecule has 0 atom stereocenters. The van der Waals surface area contributed by atoms with Crippen molar-refractivity contribution in [2.24, 2.45) is 0 Å².